The van der Waals surface area contributed by atoms with Gasteiger partial charge in [0.1, 0.15) is 0 Å². The molecule has 0 fully saturated rings. The van der Waals surface area contributed by atoms with E-state index >= 15 is 0 Å². The lowest BCUT2D eigenvalue weighted by Crippen LogP contribution is -2.16. The summed E-state index contributed by atoms with van der Waals surface area (Å²) in [4.78, 5) is 2.43. The third-order valence-corrected chi connectivity index (χ3v) is 9.27. The van der Waals surface area contributed by atoms with Crippen molar-refractivity contribution in [1.82, 2.24) is 0 Å². The average Bonchev–Trinajstić information content (AvgIpc) is 3.32. The van der Waals surface area contributed by atoms with Crippen molar-refractivity contribution in [3.05, 3.63) is 175 Å². The van der Waals surface area contributed by atoms with Gasteiger partial charge in [0, 0.05) is 22.4 Å². The Labute approximate surface area is 259 Å². The van der Waals surface area contributed by atoms with Gasteiger partial charge in [0.25, 0.3) is 0 Å². The monoisotopic (exact) mass is 563 g/mol. The summed E-state index contributed by atoms with van der Waals surface area (Å²) in [6, 6.07) is 59.6. The van der Waals surface area contributed by atoms with E-state index in [1.165, 1.54) is 61.0 Å². The maximum absolute atomic E-state index is 2.43. The van der Waals surface area contributed by atoms with Gasteiger partial charge in [-0.15, -0.1) is 0 Å². The van der Waals surface area contributed by atoms with E-state index in [-0.39, 0.29) is 5.41 Å². The molecule has 8 rings (SSSR count). The van der Waals surface area contributed by atoms with Gasteiger partial charge in [-0.1, -0.05) is 141 Å². The fourth-order valence-corrected chi connectivity index (χ4v) is 6.95. The van der Waals surface area contributed by atoms with Crippen LogP contribution in [0.15, 0.2) is 164 Å². The summed E-state index contributed by atoms with van der Waals surface area (Å²) >= 11 is 0. The molecule has 44 heavy (non-hydrogen) atoms. The predicted octanol–water partition coefficient (Wildman–Crippen LogP) is 11.9. The Kier molecular flexibility index (Phi) is 6.20. The number of benzene rings is 7. The van der Waals surface area contributed by atoms with Gasteiger partial charge in [0.2, 0.25) is 0 Å². The first-order valence-corrected chi connectivity index (χ1v) is 15.4. The molecule has 0 bridgehead atoms. The standard InChI is InChI=1S/C43H33N/c1-43(2)39-16-9-8-15-38(39)42-40(43)17-10-18-41(42)44(36-25-21-32(22-26-36)30-11-4-3-5-12-30)37-27-23-33(24-28-37)35-20-19-31-13-6-7-14-34(31)29-35/h3-29H,1-2H3. The Hall–Kier alpha value is -5.40. The molecule has 7 aromatic rings. The van der Waals surface area contributed by atoms with Gasteiger partial charge in [-0.2, -0.15) is 0 Å². The zero-order chi connectivity index (χ0) is 29.7. The van der Waals surface area contributed by atoms with Crippen LogP contribution in [0, 0.1) is 0 Å². The Bertz CT molecular complexity index is 2120. The molecule has 1 aliphatic carbocycles. The molecule has 0 atom stereocenters. The highest BCUT2D eigenvalue weighted by Crippen LogP contribution is 2.54. The van der Waals surface area contributed by atoms with Crippen molar-refractivity contribution in [2.24, 2.45) is 0 Å². The van der Waals surface area contributed by atoms with Gasteiger partial charge < -0.3 is 4.90 Å². The summed E-state index contributed by atoms with van der Waals surface area (Å²) in [5.41, 5.74) is 13.7. The Morgan fingerprint density at radius 3 is 1.68 bits per heavy atom. The highest BCUT2D eigenvalue weighted by atomic mass is 15.1. The van der Waals surface area contributed by atoms with Gasteiger partial charge in [-0.25, -0.2) is 0 Å². The molecule has 1 aliphatic rings. The van der Waals surface area contributed by atoms with Crippen LogP contribution in [-0.2, 0) is 5.41 Å². The molecule has 0 aromatic heterocycles. The van der Waals surface area contributed by atoms with Gasteiger partial charge >= 0.3 is 0 Å². The van der Waals surface area contributed by atoms with Crippen LogP contribution in [0.1, 0.15) is 25.0 Å². The maximum atomic E-state index is 2.43. The zero-order valence-electron chi connectivity index (χ0n) is 25.0. The minimum Gasteiger partial charge on any atom is -0.310 e. The molecule has 0 saturated heterocycles. The van der Waals surface area contributed by atoms with E-state index in [1.54, 1.807) is 0 Å². The first kappa shape index (κ1) is 26.2. The lowest BCUT2D eigenvalue weighted by Gasteiger charge is -2.29. The minimum absolute atomic E-state index is 0.0648. The second kappa shape index (κ2) is 10.4. The summed E-state index contributed by atoms with van der Waals surface area (Å²) in [5.74, 6) is 0. The van der Waals surface area contributed by atoms with Gasteiger partial charge in [0.15, 0.2) is 0 Å². The van der Waals surface area contributed by atoms with Crippen molar-refractivity contribution in [3.8, 4) is 33.4 Å². The molecule has 0 heterocycles. The predicted molar refractivity (Wildman–Crippen MR) is 187 cm³/mol. The molecule has 0 spiro atoms. The molecule has 1 nitrogen and oxygen atoms in total. The van der Waals surface area contributed by atoms with Crippen LogP contribution in [0.25, 0.3) is 44.2 Å². The third-order valence-electron chi connectivity index (χ3n) is 9.27. The van der Waals surface area contributed by atoms with E-state index in [4.69, 9.17) is 0 Å². The van der Waals surface area contributed by atoms with Crippen LogP contribution in [-0.4, -0.2) is 0 Å². The summed E-state index contributed by atoms with van der Waals surface area (Å²) < 4.78 is 0. The van der Waals surface area contributed by atoms with Crippen molar-refractivity contribution in [3.63, 3.8) is 0 Å². The summed E-state index contributed by atoms with van der Waals surface area (Å²) in [6.45, 7) is 4.69. The fraction of sp³-hybridized carbons (Fsp3) is 0.0698. The van der Waals surface area contributed by atoms with Crippen molar-refractivity contribution < 1.29 is 0 Å². The Morgan fingerprint density at radius 2 is 0.955 bits per heavy atom. The van der Waals surface area contributed by atoms with E-state index < -0.39 is 0 Å². The van der Waals surface area contributed by atoms with Gasteiger partial charge in [-0.3, -0.25) is 0 Å². The average molecular weight is 564 g/mol. The summed E-state index contributed by atoms with van der Waals surface area (Å²) in [6.07, 6.45) is 0. The largest absolute Gasteiger partial charge is 0.310 e. The Morgan fingerprint density at radius 1 is 0.409 bits per heavy atom. The lowest BCUT2D eigenvalue weighted by molar-refractivity contribution is 0.660. The van der Waals surface area contributed by atoms with Crippen LogP contribution in [0.5, 0.6) is 0 Å². The SMILES string of the molecule is CC1(C)c2ccccc2-c2c(N(c3ccc(-c4ccccc4)cc3)c3ccc(-c4ccc5ccccc5c4)cc3)cccc21. The zero-order valence-corrected chi connectivity index (χ0v) is 25.0. The minimum atomic E-state index is -0.0648. The van der Waals surface area contributed by atoms with E-state index in [0.29, 0.717) is 0 Å². The number of nitrogens with zero attached hydrogens (tertiary/aromatic N) is 1. The van der Waals surface area contributed by atoms with Crippen LogP contribution in [0.3, 0.4) is 0 Å². The van der Waals surface area contributed by atoms with Crippen molar-refractivity contribution >= 4 is 27.8 Å². The summed E-state index contributed by atoms with van der Waals surface area (Å²) in [7, 11) is 0. The normalized spacial score (nSPS) is 13.0. The highest BCUT2D eigenvalue weighted by Gasteiger charge is 2.37. The molecular weight excluding hydrogens is 530 g/mol. The molecule has 1 heteroatoms. The molecule has 0 N–H and O–H groups in total. The molecule has 0 saturated carbocycles. The van der Waals surface area contributed by atoms with Gasteiger partial charge in [0.05, 0.1) is 5.69 Å². The lowest BCUT2D eigenvalue weighted by atomic mass is 9.82. The van der Waals surface area contributed by atoms with Gasteiger partial charge in [-0.05, 0) is 86.1 Å². The topological polar surface area (TPSA) is 3.24 Å². The second-order valence-corrected chi connectivity index (χ2v) is 12.2. The molecule has 210 valence electrons. The number of rotatable bonds is 5. The third kappa shape index (κ3) is 4.32. The molecule has 0 amide bonds. The van der Waals surface area contributed by atoms with Crippen LogP contribution < -0.4 is 4.90 Å². The van der Waals surface area contributed by atoms with Crippen molar-refractivity contribution in [2.75, 3.05) is 4.90 Å². The second-order valence-electron chi connectivity index (χ2n) is 12.2. The fourth-order valence-electron chi connectivity index (χ4n) is 6.95. The molecule has 0 unspecified atom stereocenters. The number of fused-ring (bicyclic) bond motifs is 4. The van der Waals surface area contributed by atoms with Crippen LogP contribution in [0.2, 0.25) is 0 Å². The van der Waals surface area contributed by atoms with E-state index in [2.05, 4.69) is 183 Å². The quantitative estimate of drug-likeness (QED) is 0.201. The molecule has 7 aromatic carbocycles. The smallest absolute Gasteiger partial charge is 0.0543 e. The number of anilines is 3. The first-order valence-electron chi connectivity index (χ1n) is 15.4. The van der Waals surface area contributed by atoms with E-state index in [1.807, 2.05) is 0 Å². The molecule has 0 radical (unpaired) electrons. The number of hydrogen-bond donors (Lipinski definition) is 0. The number of hydrogen-bond acceptors (Lipinski definition) is 1. The highest BCUT2D eigenvalue weighted by molar-refractivity contribution is 5.95. The van der Waals surface area contributed by atoms with Crippen LogP contribution >= 0.6 is 0 Å². The molecular formula is C43H33N. The first-order chi connectivity index (χ1) is 21.6. The maximum Gasteiger partial charge on any atom is 0.0543 e. The molecule has 0 aliphatic heterocycles. The van der Waals surface area contributed by atoms with E-state index in [0.717, 1.165) is 11.4 Å². The summed E-state index contributed by atoms with van der Waals surface area (Å²) in [5, 5.41) is 2.52. The van der Waals surface area contributed by atoms with Crippen molar-refractivity contribution in [2.45, 2.75) is 19.3 Å². The van der Waals surface area contributed by atoms with E-state index in [9.17, 15) is 0 Å². The van der Waals surface area contributed by atoms with Crippen molar-refractivity contribution in [1.29, 1.82) is 0 Å². The van der Waals surface area contributed by atoms with Crippen LogP contribution in [0.4, 0.5) is 17.1 Å². The Balaban J connectivity index is 1.27.